The van der Waals surface area contributed by atoms with E-state index in [-0.39, 0.29) is 18.1 Å². The Labute approximate surface area is 167 Å². The fourth-order valence-corrected chi connectivity index (χ4v) is 3.19. The van der Waals surface area contributed by atoms with E-state index in [0.717, 1.165) is 23.3 Å². The Morgan fingerprint density at radius 3 is 2.55 bits per heavy atom. The van der Waals surface area contributed by atoms with E-state index in [2.05, 4.69) is 10.3 Å². The lowest BCUT2D eigenvalue weighted by Crippen LogP contribution is -2.35. The fraction of sp³-hybridized carbons (Fsp3) is 0.190. The highest BCUT2D eigenvalue weighted by atomic mass is 16.6. The second-order valence-corrected chi connectivity index (χ2v) is 6.40. The first-order valence-electron chi connectivity index (χ1n) is 9.17. The Bertz CT molecular complexity index is 1000. The molecule has 2 aliphatic heterocycles. The number of hydrogen-bond acceptors (Lipinski definition) is 8. The number of aliphatic hydroxyl groups is 1. The monoisotopic (exact) mass is 393 g/mol. The number of β-amino-alcohol motifs (C(OH)–C–C–N with tert-alkyl or cyclic N) is 1. The van der Waals surface area contributed by atoms with Crippen LogP contribution in [-0.2, 0) is 9.59 Å². The summed E-state index contributed by atoms with van der Waals surface area (Å²) in [6.45, 7) is 1.64. The maximum Gasteiger partial charge on any atom is 0.336 e. The molecule has 0 unspecified atom stereocenters. The van der Waals surface area contributed by atoms with Crippen molar-refractivity contribution in [1.82, 2.24) is 4.90 Å². The van der Waals surface area contributed by atoms with Gasteiger partial charge in [-0.15, -0.1) is 0 Å². The Morgan fingerprint density at radius 1 is 1.03 bits per heavy atom. The molecule has 0 fully saturated rings. The highest BCUT2D eigenvalue weighted by Crippen LogP contribution is 2.43. The molecule has 0 amide bonds. The summed E-state index contributed by atoms with van der Waals surface area (Å²) >= 11 is 0. The molecule has 4 rings (SSSR count). The topological polar surface area (TPSA) is 100 Å². The van der Waals surface area contributed by atoms with Crippen molar-refractivity contribution < 1.29 is 24.2 Å². The molecule has 2 aromatic carbocycles. The molecular formula is C21H19N3O5. The predicted molar refractivity (Wildman–Crippen MR) is 107 cm³/mol. The van der Waals surface area contributed by atoms with Gasteiger partial charge in [-0.25, -0.2) is 9.59 Å². The van der Waals surface area contributed by atoms with E-state index >= 15 is 0 Å². The number of nitrogens with one attached hydrogen (secondary N) is 1. The van der Waals surface area contributed by atoms with Crippen LogP contribution in [-0.4, -0.2) is 54.1 Å². The lowest BCUT2D eigenvalue weighted by Gasteiger charge is -2.24. The van der Waals surface area contributed by atoms with Gasteiger partial charge in [0.15, 0.2) is 17.5 Å². The zero-order valence-electron chi connectivity index (χ0n) is 15.5. The average molecular weight is 393 g/mol. The van der Waals surface area contributed by atoms with Gasteiger partial charge in [0.2, 0.25) is 0 Å². The number of guanidine groups is 1. The van der Waals surface area contributed by atoms with Gasteiger partial charge in [0.05, 0.1) is 18.8 Å². The smallest absolute Gasteiger partial charge is 0.336 e. The number of anilines is 1. The summed E-state index contributed by atoms with van der Waals surface area (Å²) in [5.41, 5.74) is 2.08. The summed E-state index contributed by atoms with van der Waals surface area (Å²) in [4.78, 5) is 30.4. The van der Waals surface area contributed by atoms with Gasteiger partial charge in [0, 0.05) is 30.8 Å². The number of fused-ring (bicyclic) bond motifs is 1. The van der Waals surface area contributed by atoms with Gasteiger partial charge in [-0.1, -0.05) is 30.3 Å². The molecule has 29 heavy (non-hydrogen) atoms. The molecule has 0 aromatic heterocycles. The number of aliphatic imine (C=N–C) groups is 1. The SMILES string of the molecule is O=C1/C=C/C(=O)Oc2c(ccc(-c3ccccc3)c2NC2=NCCN2CCO)O1. The molecule has 2 heterocycles. The Hall–Kier alpha value is -3.65. The third-order valence-corrected chi connectivity index (χ3v) is 4.51. The number of ether oxygens (including phenoxy) is 2. The Kier molecular flexibility index (Phi) is 5.26. The van der Waals surface area contributed by atoms with Gasteiger partial charge in [-0.05, 0) is 17.7 Å². The molecule has 0 spiro atoms. The lowest BCUT2D eigenvalue weighted by molar-refractivity contribution is -0.133. The lowest BCUT2D eigenvalue weighted by atomic mass is 10.0. The quantitative estimate of drug-likeness (QED) is 0.604. The molecule has 2 aromatic rings. The van der Waals surface area contributed by atoms with Gasteiger partial charge >= 0.3 is 11.9 Å². The van der Waals surface area contributed by atoms with Gasteiger partial charge in [0.25, 0.3) is 0 Å². The second-order valence-electron chi connectivity index (χ2n) is 6.40. The van der Waals surface area contributed by atoms with Crippen LogP contribution in [0.3, 0.4) is 0 Å². The largest absolute Gasteiger partial charge is 0.419 e. The van der Waals surface area contributed by atoms with E-state index < -0.39 is 11.9 Å². The van der Waals surface area contributed by atoms with Crippen LogP contribution < -0.4 is 14.8 Å². The van der Waals surface area contributed by atoms with Crippen LogP contribution in [0.5, 0.6) is 11.5 Å². The van der Waals surface area contributed by atoms with Crippen molar-refractivity contribution in [1.29, 1.82) is 0 Å². The molecular weight excluding hydrogens is 374 g/mol. The molecule has 2 N–H and O–H groups in total. The maximum absolute atomic E-state index is 12.1. The van der Waals surface area contributed by atoms with Crippen molar-refractivity contribution in [3.05, 3.63) is 54.6 Å². The summed E-state index contributed by atoms with van der Waals surface area (Å²) in [7, 11) is 0. The van der Waals surface area contributed by atoms with Crippen molar-refractivity contribution in [2.24, 2.45) is 4.99 Å². The molecule has 0 saturated heterocycles. The first-order chi connectivity index (χ1) is 14.2. The second kappa shape index (κ2) is 8.15. The summed E-state index contributed by atoms with van der Waals surface area (Å²) in [6.07, 6.45) is 2.04. The van der Waals surface area contributed by atoms with Crippen LogP contribution in [0, 0.1) is 0 Å². The minimum absolute atomic E-state index is 0.0173. The van der Waals surface area contributed by atoms with Crippen LogP contribution >= 0.6 is 0 Å². The van der Waals surface area contributed by atoms with Crippen LogP contribution in [0.15, 0.2) is 59.6 Å². The molecule has 0 radical (unpaired) electrons. The van der Waals surface area contributed by atoms with Crippen LogP contribution in [0.25, 0.3) is 11.1 Å². The number of nitrogens with zero attached hydrogens (tertiary/aromatic N) is 2. The molecule has 0 atom stereocenters. The van der Waals surface area contributed by atoms with Gasteiger partial charge in [-0.2, -0.15) is 0 Å². The molecule has 2 aliphatic rings. The van der Waals surface area contributed by atoms with E-state index in [1.807, 2.05) is 35.2 Å². The van der Waals surface area contributed by atoms with Crippen molar-refractivity contribution >= 4 is 23.6 Å². The van der Waals surface area contributed by atoms with Gasteiger partial charge < -0.3 is 24.8 Å². The first-order valence-corrected chi connectivity index (χ1v) is 9.17. The number of hydrogen-bond donors (Lipinski definition) is 2. The summed E-state index contributed by atoms with van der Waals surface area (Å²) < 4.78 is 10.8. The van der Waals surface area contributed by atoms with Crippen LogP contribution in [0.2, 0.25) is 0 Å². The number of benzene rings is 2. The minimum atomic E-state index is -0.684. The predicted octanol–water partition coefficient (Wildman–Crippen LogP) is 1.81. The average Bonchev–Trinajstić information content (AvgIpc) is 3.15. The summed E-state index contributed by atoms with van der Waals surface area (Å²) in [6, 6.07) is 12.9. The molecule has 8 heteroatoms. The Balaban J connectivity index is 1.83. The Morgan fingerprint density at radius 2 is 1.79 bits per heavy atom. The summed E-state index contributed by atoms with van der Waals surface area (Å²) in [5.74, 6) is -0.572. The number of aliphatic hydroxyl groups excluding tert-OH is 1. The van der Waals surface area contributed by atoms with E-state index in [1.165, 1.54) is 0 Å². The van der Waals surface area contributed by atoms with E-state index in [0.29, 0.717) is 31.3 Å². The number of esters is 2. The van der Waals surface area contributed by atoms with E-state index in [1.54, 1.807) is 12.1 Å². The van der Waals surface area contributed by atoms with Crippen LogP contribution in [0.4, 0.5) is 5.69 Å². The zero-order chi connectivity index (χ0) is 20.2. The standard InChI is InChI=1S/C21H19N3O5/c25-13-12-24-11-10-22-21(24)23-19-15(14-4-2-1-3-5-14)6-7-16-20(19)29-18(27)9-8-17(26)28-16/h1-9,25H,10-13H2,(H,22,23)/b9-8+. The normalized spacial score (nSPS) is 16.9. The third-order valence-electron chi connectivity index (χ3n) is 4.51. The van der Waals surface area contributed by atoms with E-state index in [4.69, 9.17) is 9.47 Å². The number of carbonyl (C=O) groups is 2. The van der Waals surface area contributed by atoms with Crippen molar-refractivity contribution in [2.75, 3.05) is 31.6 Å². The molecule has 8 nitrogen and oxygen atoms in total. The molecule has 0 saturated carbocycles. The van der Waals surface area contributed by atoms with Gasteiger partial charge in [0.1, 0.15) is 0 Å². The van der Waals surface area contributed by atoms with E-state index in [9.17, 15) is 14.7 Å². The van der Waals surface area contributed by atoms with Crippen LogP contribution in [0.1, 0.15) is 0 Å². The zero-order valence-corrected chi connectivity index (χ0v) is 15.5. The first kappa shape index (κ1) is 18.7. The highest BCUT2D eigenvalue weighted by Gasteiger charge is 2.25. The molecule has 0 aliphatic carbocycles. The van der Waals surface area contributed by atoms with Crippen molar-refractivity contribution in [3.63, 3.8) is 0 Å². The summed E-state index contributed by atoms with van der Waals surface area (Å²) in [5, 5.41) is 12.5. The van der Waals surface area contributed by atoms with Gasteiger partial charge in [-0.3, -0.25) is 4.99 Å². The molecule has 0 bridgehead atoms. The number of carbonyl (C=O) groups excluding carboxylic acids is 2. The fourth-order valence-electron chi connectivity index (χ4n) is 3.19. The highest BCUT2D eigenvalue weighted by molar-refractivity contribution is 6.03. The van der Waals surface area contributed by atoms with Crippen molar-refractivity contribution in [3.8, 4) is 22.6 Å². The third kappa shape index (κ3) is 3.97. The molecule has 148 valence electrons. The minimum Gasteiger partial charge on any atom is -0.419 e. The van der Waals surface area contributed by atoms with Crippen molar-refractivity contribution in [2.45, 2.75) is 0 Å². The maximum atomic E-state index is 12.1. The number of rotatable bonds is 4.